The minimum atomic E-state index is -0.484. The van der Waals surface area contributed by atoms with Gasteiger partial charge >= 0.3 is 5.69 Å². The lowest BCUT2D eigenvalue weighted by molar-refractivity contribution is 0.454. The summed E-state index contributed by atoms with van der Waals surface area (Å²) in [5, 5.41) is 18.5. The van der Waals surface area contributed by atoms with E-state index >= 15 is 0 Å². The minimum absolute atomic E-state index is 0.232. The number of nitrogens with one attached hydrogen (secondary N) is 3. The lowest BCUT2D eigenvalue weighted by Crippen LogP contribution is -2.20. The van der Waals surface area contributed by atoms with Crippen LogP contribution in [0.4, 0.5) is 5.82 Å². The van der Waals surface area contributed by atoms with Crippen LogP contribution in [-0.4, -0.2) is 35.7 Å². The predicted octanol–water partition coefficient (Wildman–Crippen LogP) is 2.34. The molecule has 6 rings (SSSR count). The van der Waals surface area contributed by atoms with E-state index in [4.69, 9.17) is 9.98 Å². The quantitative estimate of drug-likeness (QED) is 0.307. The van der Waals surface area contributed by atoms with Crippen LogP contribution in [0.25, 0.3) is 22.9 Å². The van der Waals surface area contributed by atoms with Gasteiger partial charge in [-0.2, -0.15) is 9.61 Å². The molecule has 5 aromatic rings. The molecule has 4 N–H and O–H groups in total. The van der Waals surface area contributed by atoms with Gasteiger partial charge < -0.3 is 15.4 Å². The summed E-state index contributed by atoms with van der Waals surface area (Å²) in [5.41, 5.74) is 4.54. The summed E-state index contributed by atoms with van der Waals surface area (Å²) in [7, 11) is 0. The second-order valence-electron chi connectivity index (χ2n) is 8.56. The first-order valence-corrected chi connectivity index (χ1v) is 11.5. The van der Waals surface area contributed by atoms with Gasteiger partial charge in [0.1, 0.15) is 11.5 Å². The standard InChI is InChI=1S/C26H23N7O2/c34-25-21(30-26(35)32-25)12-18-15-28-33-23(29-19-10-11-19)13-22(31-24(18)33)27-14-17-8-4-5-9-20(17)16-6-2-1-3-7-16/h1-9,12-13,15,19,27,34H,10-11,14H2,(H2,30,32,35)/b18-12-,29-23?. The fourth-order valence-electron chi connectivity index (χ4n) is 4.05. The molecule has 0 spiro atoms. The Morgan fingerprint density at radius 3 is 2.69 bits per heavy atom. The average Bonchev–Trinajstić information content (AvgIpc) is 3.51. The van der Waals surface area contributed by atoms with Crippen molar-refractivity contribution in [1.82, 2.24) is 24.6 Å². The summed E-state index contributed by atoms with van der Waals surface area (Å²) in [6, 6.07) is 20.8. The number of hydrogen-bond acceptors (Lipinski definition) is 6. The predicted molar refractivity (Wildman–Crippen MR) is 133 cm³/mol. The van der Waals surface area contributed by atoms with Gasteiger partial charge in [0.25, 0.3) is 0 Å². The number of hydrogen-bond donors (Lipinski definition) is 4. The summed E-state index contributed by atoms with van der Waals surface area (Å²) >= 11 is 0. The molecule has 3 aromatic heterocycles. The van der Waals surface area contributed by atoms with Crippen LogP contribution in [0.3, 0.4) is 0 Å². The first-order valence-electron chi connectivity index (χ1n) is 11.5. The molecule has 1 aliphatic rings. The van der Waals surface area contributed by atoms with E-state index in [0.717, 1.165) is 29.5 Å². The van der Waals surface area contributed by atoms with E-state index in [1.807, 2.05) is 36.4 Å². The molecule has 174 valence electrons. The first kappa shape index (κ1) is 20.9. The number of aromatic hydroxyl groups is 1. The molecule has 0 amide bonds. The monoisotopic (exact) mass is 465 g/mol. The summed E-state index contributed by atoms with van der Waals surface area (Å²) < 4.78 is 1.69. The van der Waals surface area contributed by atoms with Crippen LogP contribution >= 0.6 is 0 Å². The molecule has 0 bridgehead atoms. The van der Waals surface area contributed by atoms with Gasteiger partial charge in [-0.3, -0.25) is 9.98 Å². The Morgan fingerprint density at radius 2 is 1.91 bits per heavy atom. The normalized spacial score (nSPS) is 14.6. The first-order chi connectivity index (χ1) is 17.1. The molecule has 3 heterocycles. The third-order valence-electron chi connectivity index (χ3n) is 5.94. The van der Waals surface area contributed by atoms with Gasteiger partial charge in [-0.05, 0) is 35.6 Å². The number of imidazole rings is 1. The smallest absolute Gasteiger partial charge is 0.326 e. The van der Waals surface area contributed by atoms with Gasteiger partial charge in [0.2, 0.25) is 5.88 Å². The highest BCUT2D eigenvalue weighted by Crippen LogP contribution is 2.24. The van der Waals surface area contributed by atoms with Crippen LogP contribution in [0.5, 0.6) is 5.88 Å². The van der Waals surface area contributed by atoms with Crippen molar-refractivity contribution in [1.29, 1.82) is 0 Å². The SMILES string of the molecule is O=c1[nH]c(O)c(/C=c2/cnn3c(=NC4CC4)cc(NCc4ccccc4-c4ccccc4)nc23)[nH]1. The summed E-state index contributed by atoms with van der Waals surface area (Å²) in [5.74, 6) is 0.436. The Hall–Kier alpha value is -4.66. The largest absolute Gasteiger partial charge is 0.493 e. The van der Waals surface area contributed by atoms with Crippen molar-refractivity contribution in [2.75, 3.05) is 5.32 Å². The Balaban J connectivity index is 1.40. The van der Waals surface area contributed by atoms with Crippen LogP contribution in [0.15, 0.2) is 76.6 Å². The van der Waals surface area contributed by atoms with Gasteiger partial charge in [0.15, 0.2) is 11.1 Å². The van der Waals surface area contributed by atoms with Crippen LogP contribution in [0, 0.1) is 0 Å². The summed E-state index contributed by atoms with van der Waals surface area (Å²) in [6.07, 6.45) is 5.41. The number of H-pyrrole nitrogens is 2. The van der Waals surface area contributed by atoms with Crippen LogP contribution in [0.1, 0.15) is 24.1 Å². The Labute approximate surface area is 199 Å². The molecule has 2 aromatic carbocycles. The van der Waals surface area contributed by atoms with Gasteiger partial charge in [-0.1, -0.05) is 54.6 Å². The molecular formula is C26H23N7O2. The molecular weight excluding hydrogens is 442 g/mol. The molecule has 0 saturated heterocycles. The molecule has 0 radical (unpaired) electrons. The van der Waals surface area contributed by atoms with Crippen LogP contribution in [0.2, 0.25) is 0 Å². The number of aromatic nitrogens is 5. The number of fused-ring (bicyclic) bond motifs is 1. The highest BCUT2D eigenvalue weighted by molar-refractivity contribution is 5.67. The van der Waals surface area contributed by atoms with Crippen molar-refractivity contribution in [2.24, 2.45) is 4.99 Å². The van der Waals surface area contributed by atoms with E-state index in [1.165, 1.54) is 0 Å². The van der Waals surface area contributed by atoms with Crippen LogP contribution < -0.4 is 21.7 Å². The lowest BCUT2D eigenvalue weighted by atomic mass is 10.00. The number of nitrogens with zero attached hydrogens (tertiary/aromatic N) is 4. The highest BCUT2D eigenvalue weighted by atomic mass is 16.3. The number of aromatic amines is 2. The average molecular weight is 466 g/mol. The topological polar surface area (TPSA) is 123 Å². The van der Waals surface area contributed by atoms with Crippen molar-refractivity contribution in [2.45, 2.75) is 25.4 Å². The van der Waals surface area contributed by atoms with Gasteiger partial charge in [0, 0.05) is 17.8 Å². The maximum atomic E-state index is 11.5. The van der Waals surface area contributed by atoms with E-state index in [2.05, 4.69) is 44.6 Å². The number of anilines is 1. The van der Waals surface area contributed by atoms with Gasteiger partial charge in [0.05, 0.1) is 12.2 Å². The van der Waals surface area contributed by atoms with E-state index in [1.54, 1.807) is 16.8 Å². The highest BCUT2D eigenvalue weighted by Gasteiger charge is 2.20. The zero-order valence-corrected chi connectivity index (χ0v) is 18.8. The molecule has 0 unspecified atom stereocenters. The molecule has 1 saturated carbocycles. The van der Waals surface area contributed by atoms with Crippen molar-refractivity contribution in [3.8, 4) is 17.0 Å². The molecule has 0 aliphatic heterocycles. The zero-order valence-electron chi connectivity index (χ0n) is 18.8. The lowest BCUT2D eigenvalue weighted by Gasteiger charge is -2.11. The molecule has 35 heavy (non-hydrogen) atoms. The third kappa shape index (κ3) is 4.31. The van der Waals surface area contributed by atoms with Crippen molar-refractivity contribution >= 4 is 17.5 Å². The maximum absolute atomic E-state index is 11.5. The third-order valence-corrected chi connectivity index (χ3v) is 5.94. The number of benzene rings is 2. The molecule has 0 atom stereocenters. The summed E-state index contributed by atoms with van der Waals surface area (Å²) in [4.78, 5) is 26.0. The molecule has 9 heteroatoms. The Bertz CT molecular complexity index is 1700. The molecule has 1 fully saturated rings. The van der Waals surface area contributed by atoms with E-state index in [0.29, 0.717) is 34.8 Å². The fourth-order valence-corrected chi connectivity index (χ4v) is 4.05. The van der Waals surface area contributed by atoms with E-state index in [9.17, 15) is 9.90 Å². The van der Waals surface area contributed by atoms with Gasteiger partial charge in [-0.25, -0.2) is 9.78 Å². The fraction of sp³-hybridized carbons (Fsp3) is 0.154. The molecule has 9 nitrogen and oxygen atoms in total. The maximum Gasteiger partial charge on any atom is 0.326 e. The minimum Gasteiger partial charge on any atom is -0.493 e. The zero-order chi connectivity index (χ0) is 23.8. The second-order valence-corrected chi connectivity index (χ2v) is 8.56. The van der Waals surface area contributed by atoms with E-state index in [-0.39, 0.29) is 11.6 Å². The van der Waals surface area contributed by atoms with Crippen LogP contribution in [-0.2, 0) is 6.54 Å². The van der Waals surface area contributed by atoms with E-state index < -0.39 is 5.69 Å². The number of rotatable bonds is 6. The van der Waals surface area contributed by atoms with Crippen molar-refractivity contribution < 1.29 is 5.11 Å². The van der Waals surface area contributed by atoms with Gasteiger partial charge in [-0.15, -0.1) is 0 Å². The molecule has 1 aliphatic carbocycles. The Morgan fingerprint density at radius 1 is 1.11 bits per heavy atom. The summed E-state index contributed by atoms with van der Waals surface area (Å²) in [6.45, 7) is 0.580. The van der Waals surface area contributed by atoms with Crippen molar-refractivity contribution in [3.05, 3.63) is 99.3 Å². The van der Waals surface area contributed by atoms with Crippen molar-refractivity contribution in [3.63, 3.8) is 0 Å². The Kier molecular flexibility index (Phi) is 5.14. The second kappa shape index (κ2) is 8.60.